The molecular weight excluding hydrogens is 288 g/mol. The molecule has 2 atom stereocenters. The molecule has 1 amide bonds. The SMILES string of the molecule is O=C(NCCN1CCCS1(=O)=O)[C@@H]1CC[C@H](C(=O)O)O1. The predicted molar refractivity (Wildman–Crippen MR) is 68.5 cm³/mol. The first-order valence-electron chi connectivity index (χ1n) is 6.54. The van der Waals surface area contributed by atoms with Crippen molar-refractivity contribution in [1.82, 2.24) is 9.62 Å². The first kappa shape index (κ1) is 15.2. The van der Waals surface area contributed by atoms with Crippen molar-refractivity contribution in [2.45, 2.75) is 31.5 Å². The van der Waals surface area contributed by atoms with Gasteiger partial charge in [-0.3, -0.25) is 4.79 Å². The van der Waals surface area contributed by atoms with E-state index in [9.17, 15) is 18.0 Å². The maximum atomic E-state index is 11.8. The standard InChI is InChI=1S/C11H18N2O6S/c14-10(8-2-3-9(19-8)11(15)16)12-4-6-13-5-1-7-20(13,17)18/h8-9H,1-7H2,(H,12,14)(H,15,16)/t8-,9+/m0/s1. The van der Waals surface area contributed by atoms with Gasteiger partial charge in [-0.1, -0.05) is 0 Å². The van der Waals surface area contributed by atoms with Gasteiger partial charge in [0.15, 0.2) is 6.10 Å². The maximum absolute atomic E-state index is 11.8. The normalized spacial score (nSPS) is 29.4. The highest BCUT2D eigenvalue weighted by Crippen LogP contribution is 2.20. The Bertz CT molecular complexity index is 491. The van der Waals surface area contributed by atoms with Gasteiger partial charge in [0.05, 0.1) is 5.75 Å². The fraction of sp³-hybridized carbons (Fsp3) is 0.818. The van der Waals surface area contributed by atoms with Crippen LogP contribution in [0.2, 0.25) is 0 Å². The average molecular weight is 306 g/mol. The molecule has 9 heteroatoms. The Morgan fingerprint density at radius 2 is 2.00 bits per heavy atom. The molecule has 20 heavy (non-hydrogen) atoms. The number of sulfonamides is 1. The van der Waals surface area contributed by atoms with Crippen molar-refractivity contribution in [2.75, 3.05) is 25.4 Å². The Morgan fingerprint density at radius 1 is 1.30 bits per heavy atom. The van der Waals surface area contributed by atoms with Gasteiger partial charge in [-0.25, -0.2) is 17.5 Å². The minimum absolute atomic E-state index is 0.160. The van der Waals surface area contributed by atoms with Crippen LogP contribution in [0.1, 0.15) is 19.3 Å². The number of amides is 1. The van der Waals surface area contributed by atoms with Crippen LogP contribution in [0.4, 0.5) is 0 Å². The zero-order chi connectivity index (χ0) is 14.8. The van der Waals surface area contributed by atoms with E-state index in [1.54, 1.807) is 0 Å². The summed E-state index contributed by atoms with van der Waals surface area (Å²) in [5.74, 6) is -1.29. The van der Waals surface area contributed by atoms with Gasteiger partial charge in [0.2, 0.25) is 15.9 Å². The van der Waals surface area contributed by atoms with E-state index in [0.29, 0.717) is 25.8 Å². The number of nitrogens with zero attached hydrogens (tertiary/aromatic N) is 1. The third-order valence-corrected chi connectivity index (χ3v) is 5.41. The van der Waals surface area contributed by atoms with Crippen molar-refractivity contribution in [1.29, 1.82) is 0 Å². The molecule has 0 aromatic heterocycles. The topological polar surface area (TPSA) is 113 Å². The molecule has 0 spiro atoms. The summed E-state index contributed by atoms with van der Waals surface area (Å²) in [7, 11) is -3.15. The third kappa shape index (κ3) is 3.47. The second kappa shape index (κ2) is 6.06. The van der Waals surface area contributed by atoms with Crippen LogP contribution < -0.4 is 5.32 Å². The molecule has 2 aliphatic heterocycles. The zero-order valence-electron chi connectivity index (χ0n) is 10.9. The Hall–Kier alpha value is -1.19. The molecule has 2 N–H and O–H groups in total. The van der Waals surface area contributed by atoms with E-state index < -0.39 is 28.2 Å². The number of nitrogens with one attached hydrogen (secondary N) is 1. The minimum Gasteiger partial charge on any atom is -0.479 e. The van der Waals surface area contributed by atoms with Crippen LogP contribution in [0.3, 0.4) is 0 Å². The lowest BCUT2D eigenvalue weighted by atomic mass is 10.2. The largest absolute Gasteiger partial charge is 0.479 e. The summed E-state index contributed by atoms with van der Waals surface area (Å²) in [6.45, 7) is 0.929. The Labute approximate surface area is 117 Å². The number of ether oxygens (including phenoxy) is 1. The number of carboxylic acids is 1. The molecule has 2 aliphatic rings. The van der Waals surface area contributed by atoms with Crippen molar-refractivity contribution >= 4 is 21.9 Å². The molecule has 2 saturated heterocycles. The van der Waals surface area contributed by atoms with Crippen LogP contribution in [0.5, 0.6) is 0 Å². The fourth-order valence-corrected chi connectivity index (χ4v) is 3.90. The summed E-state index contributed by atoms with van der Waals surface area (Å²) in [6, 6.07) is 0. The Kier molecular flexibility index (Phi) is 4.61. The van der Waals surface area contributed by atoms with Gasteiger partial charge in [0.25, 0.3) is 0 Å². The maximum Gasteiger partial charge on any atom is 0.332 e. The molecule has 0 saturated carbocycles. The highest BCUT2D eigenvalue weighted by molar-refractivity contribution is 7.89. The summed E-state index contributed by atoms with van der Waals surface area (Å²) in [6.07, 6.45) is -0.392. The molecule has 0 bridgehead atoms. The summed E-state index contributed by atoms with van der Waals surface area (Å²) < 4.78 is 29.5. The summed E-state index contributed by atoms with van der Waals surface area (Å²) in [4.78, 5) is 22.5. The van der Waals surface area contributed by atoms with Crippen molar-refractivity contribution in [3.05, 3.63) is 0 Å². The molecule has 2 rings (SSSR count). The molecule has 0 radical (unpaired) electrons. The van der Waals surface area contributed by atoms with Crippen molar-refractivity contribution in [3.8, 4) is 0 Å². The summed E-state index contributed by atoms with van der Waals surface area (Å²) in [5, 5.41) is 11.3. The van der Waals surface area contributed by atoms with E-state index in [2.05, 4.69) is 5.32 Å². The number of carboxylic acid groups (broad SMARTS) is 1. The molecule has 114 valence electrons. The van der Waals surface area contributed by atoms with Crippen molar-refractivity contribution in [3.63, 3.8) is 0 Å². The smallest absolute Gasteiger partial charge is 0.332 e. The number of carbonyl (C=O) groups excluding carboxylic acids is 1. The van der Waals surface area contributed by atoms with Crippen LogP contribution in [0.25, 0.3) is 0 Å². The molecule has 0 aromatic carbocycles. The number of aliphatic carboxylic acids is 1. The van der Waals surface area contributed by atoms with Crippen LogP contribution in [-0.2, 0) is 24.3 Å². The van der Waals surface area contributed by atoms with Gasteiger partial charge in [-0.15, -0.1) is 0 Å². The second-order valence-corrected chi connectivity index (χ2v) is 6.98. The second-order valence-electron chi connectivity index (χ2n) is 4.89. The minimum atomic E-state index is -3.15. The van der Waals surface area contributed by atoms with Gasteiger partial charge in [-0.2, -0.15) is 0 Å². The Morgan fingerprint density at radius 3 is 2.55 bits per heavy atom. The lowest BCUT2D eigenvalue weighted by molar-refractivity contribution is -0.151. The predicted octanol–water partition coefficient (Wildman–Crippen LogP) is -1.23. The van der Waals surface area contributed by atoms with E-state index in [1.165, 1.54) is 4.31 Å². The highest BCUT2D eigenvalue weighted by Gasteiger charge is 2.34. The molecule has 0 aromatic rings. The number of carbonyl (C=O) groups is 2. The van der Waals surface area contributed by atoms with Crippen LogP contribution >= 0.6 is 0 Å². The van der Waals surface area contributed by atoms with Gasteiger partial charge in [-0.05, 0) is 19.3 Å². The molecule has 0 unspecified atom stereocenters. The molecule has 0 aliphatic carbocycles. The summed E-state index contributed by atoms with van der Waals surface area (Å²) >= 11 is 0. The van der Waals surface area contributed by atoms with Crippen molar-refractivity contribution < 1.29 is 27.9 Å². The molecule has 8 nitrogen and oxygen atoms in total. The van der Waals surface area contributed by atoms with E-state index >= 15 is 0 Å². The fourth-order valence-electron chi connectivity index (χ4n) is 2.37. The lowest BCUT2D eigenvalue weighted by Crippen LogP contribution is -2.40. The number of rotatable bonds is 5. The quantitative estimate of drug-likeness (QED) is 0.657. The van der Waals surface area contributed by atoms with Crippen LogP contribution in [0, 0.1) is 0 Å². The van der Waals surface area contributed by atoms with Gasteiger partial charge in [0, 0.05) is 19.6 Å². The van der Waals surface area contributed by atoms with Crippen LogP contribution in [0.15, 0.2) is 0 Å². The monoisotopic (exact) mass is 306 g/mol. The van der Waals surface area contributed by atoms with Crippen LogP contribution in [-0.4, -0.2) is 67.3 Å². The number of hydrogen-bond donors (Lipinski definition) is 2. The van der Waals surface area contributed by atoms with Gasteiger partial charge >= 0.3 is 5.97 Å². The van der Waals surface area contributed by atoms with Gasteiger partial charge in [0.1, 0.15) is 6.10 Å². The third-order valence-electron chi connectivity index (χ3n) is 3.45. The zero-order valence-corrected chi connectivity index (χ0v) is 11.8. The van der Waals surface area contributed by atoms with E-state index in [1.807, 2.05) is 0 Å². The van der Waals surface area contributed by atoms with E-state index in [0.717, 1.165) is 0 Å². The first-order valence-corrected chi connectivity index (χ1v) is 8.15. The van der Waals surface area contributed by atoms with Crippen molar-refractivity contribution in [2.24, 2.45) is 0 Å². The summed E-state index contributed by atoms with van der Waals surface area (Å²) in [5.41, 5.74) is 0. The van der Waals surface area contributed by atoms with Gasteiger partial charge < -0.3 is 15.2 Å². The van der Waals surface area contributed by atoms with E-state index in [-0.39, 0.29) is 24.7 Å². The first-order chi connectivity index (χ1) is 9.40. The molecule has 2 fully saturated rings. The Balaban J connectivity index is 1.72. The molecular formula is C11H18N2O6S. The lowest BCUT2D eigenvalue weighted by Gasteiger charge is -2.16. The highest BCUT2D eigenvalue weighted by atomic mass is 32.2. The average Bonchev–Trinajstić information content (AvgIpc) is 2.96. The number of hydrogen-bond acceptors (Lipinski definition) is 5. The molecule has 2 heterocycles. The van der Waals surface area contributed by atoms with E-state index in [4.69, 9.17) is 9.84 Å².